The smallest absolute Gasteiger partial charge is 0.338 e. The molecule has 22 heavy (non-hydrogen) atoms. The Balaban J connectivity index is 2.18. The van der Waals surface area contributed by atoms with Crippen LogP contribution in [0.3, 0.4) is 0 Å². The molecule has 0 aliphatic carbocycles. The minimum atomic E-state index is -1.03. The number of carboxylic acid groups (broad SMARTS) is 1. The molecule has 2 rings (SSSR count). The van der Waals surface area contributed by atoms with E-state index < -0.39 is 5.97 Å². The standard InChI is InChI=1S/C17H17NO3S/c1-3-12-5-4-6-14(15(12)16(19)20)18-17(21)22-13-9-7-11(2)8-10-13/h4-10H,3H2,1-2H3,(H,18,21)(H,19,20). The molecular weight excluding hydrogens is 298 g/mol. The van der Waals surface area contributed by atoms with Crippen molar-refractivity contribution in [3.63, 3.8) is 0 Å². The summed E-state index contributed by atoms with van der Waals surface area (Å²) in [6.07, 6.45) is 0.594. The molecule has 4 nitrogen and oxygen atoms in total. The zero-order valence-corrected chi connectivity index (χ0v) is 13.2. The number of thioether (sulfide) groups is 1. The molecule has 0 radical (unpaired) electrons. The second-order valence-corrected chi connectivity index (χ2v) is 5.87. The van der Waals surface area contributed by atoms with Crippen LogP contribution < -0.4 is 5.32 Å². The Labute approximate surface area is 133 Å². The lowest BCUT2D eigenvalue weighted by atomic mass is 10.0. The van der Waals surface area contributed by atoms with Crippen LogP contribution >= 0.6 is 11.8 Å². The highest BCUT2D eigenvalue weighted by atomic mass is 32.2. The Kier molecular flexibility index (Phi) is 5.22. The van der Waals surface area contributed by atoms with E-state index in [2.05, 4.69) is 5.32 Å². The van der Waals surface area contributed by atoms with Crippen molar-refractivity contribution in [3.05, 3.63) is 59.2 Å². The van der Waals surface area contributed by atoms with Crippen LogP contribution in [0.25, 0.3) is 0 Å². The predicted octanol–water partition coefficient (Wildman–Crippen LogP) is 4.58. The average molecular weight is 315 g/mol. The summed E-state index contributed by atoms with van der Waals surface area (Å²) >= 11 is 1.04. The third-order valence-corrected chi connectivity index (χ3v) is 4.01. The molecule has 0 aliphatic heterocycles. The van der Waals surface area contributed by atoms with Gasteiger partial charge in [-0.05, 0) is 48.9 Å². The van der Waals surface area contributed by atoms with Gasteiger partial charge in [-0.2, -0.15) is 0 Å². The van der Waals surface area contributed by atoms with Crippen molar-refractivity contribution in [1.29, 1.82) is 0 Å². The summed E-state index contributed by atoms with van der Waals surface area (Å²) in [7, 11) is 0. The topological polar surface area (TPSA) is 66.4 Å². The van der Waals surface area contributed by atoms with Crippen molar-refractivity contribution in [2.45, 2.75) is 25.2 Å². The van der Waals surface area contributed by atoms with E-state index in [4.69, 9.17) is 0 Å². The summed E-state index contributed by atoms with van der Waals surface area (Å²) in [4.78, 5) is 24.3. The third-order valence-electron chi connectivity index (χ3n) is 3.21. The minimum Gasteiger partial charge on any atom is -0.478 e. The van der Waals surface area contributed by atoms with Gasteiger partial charge in [0, 0.05) is 4.90 Å². The fourth-order valence-corrected chi connectivity index (χ4v) is 2.75. The van der Waals surface area contributed by atoms with Gasteiger partial charge in [0.15, 0.2) is 0 Å². The second-order valence-electron chi connectivity index (χ2n) is 4.83. The lowest BCUT2D eigenvalue weighted by molar-refractivity contribution is 0.0697. The molecule has 0 unspecified atom stereocenters. The van der Waals surface area contributed by atoms with E-state index >= 15 is 0 Å². The number of amides is 1. The first-order chi connectivity index (χ1) is 10.5. The Bertz CT molecular complexity index is 696. The summed E-state index contributed by atoms with van der Waals surface area (Å²) in [5.41, 5.74) is 2.30. The zero-order chi connectivity index (χ0) is 16.1. The summed E-state index contributed by atoms with van der Waals surface area (Å²) < 4.78 is 0. The van der Waals surface area contributed by atoms with Crippen LogP contribution in [0, 0.1) is 6.92 Å². The van der Waals surface area contributed by atoms with Crippen molar-refractivity contribution in [1.82, 2.24) is 0 Å². The summed E-state index contributed by atoms with van der Waals surface area (Å²) in [6.45, 7) is 3.86. The lowest BCUT2D eigenvalue weighted by Crippen LogP contribution is -2.12. The molecule has 1 amide bonds. The number of anilines is 1. The number of hydrogen-bond acceptors (Lipinski definition) is 3. The minimum absolute atomic E-state index is 0.155. The Hall–Kier alpha value is -2.27. The van der Waals surface area contributed by atoms with Gasteiger partial charge >= 0.3 is 5.97 Å². The molecule has 0 heterocycles. The lowest BCUT2D eigenvalue weighted by Gasteiger charge is -2.11. The molecule has 0 bridgehead atoms. The van der Waals surface area contributed by atoms with Crippen LogP contribution in [0.2, 0.25) is 0 Å². The van der Waals surface area contributed by atoms with E-state index in [0.29, 0.717) is 17.7 Å². The fraction of sp³-hybridized carbons (Fsp3) is 0.176. The fourth-order valence-electron chi connectivity index (χ4n) is 2.10. The molecule has 0 saturated heterocycles. The van der Waals surface area contributed by atoms with Crippen LogP contribution in [0.5, 0.6) is 0 Å². The normalized spacial score (nSPS) is 10.3. The Morgan fingerprint density at radius 2 is 1.82 bits per heavy atom. The maximum Gasteiger partial charge on any atom is 0.338 e. The van der Waals surface area contributed by atoms with E-state index in [-0.39, 0.29) is 10.8 Å². The molecular formula is C17H17NO3S. The predicted molar refractivity (Wildman–Crippen MR) is 88.8 cm³/mol. The molecule has 0 aromatic heterocycles. The van der Waals surface area contributed by atoms with Crippen LogP contribution in [0.4, 0.5) is 10.5 Å². The Morgan fingerprint density at radius 1 is 1.14 bits per heavy atom. The molecule has 114 valence electrons. The largest absolute Gasteiger partial charge is 0.478 e. The molecule has 5 heteroatoms. The van der Waals surface area contributed by atoms with Crippen LogP contribution in [0.15, 0.2) is 47.4 Å². The van der Waals surface area contributed by atoms with Crippen molar-refractivity contribution in [3.8, 4) is 0 Å². The number of rotatable bonds is 4. The number of aromatic carboxylic acids is 1. The molecule has 0 spiro atoms. The third kappa shape index (κ3) is 3.89. The van der Waals surface area contributed by atoms with E-state index in [1.807, 2.05) is 38.1 Å². The highest BCUT2D eigenvalue weighted by molar-refractivity contribution is 8.13. The van der Waals surface area contributed by atoms with Crippen molar-refractivity contribution in [2.75, 3.05) is 5.32 Å². The molecule has 0 saturated carbocycles. The quantitative estimate of drug-likeness (QED) is 0.810. The van der Waals surface area contributed by atoms with Crippen molar-refractivity contribution in [2.24, 2.45) is 0 Å². The van der Waals surface area contributed by atoms with Gasteiger partial charge in [0.25, 0.3) is 5.24 Å². The van der Waals surface area contributed by atoms with Gasteiger partial charge < -0.3 is 10.4 Å². The number of aryl methyl sites for hydroxylation is 2. The number of carbonyl (C=O) groups excluding carboxylic acids is 1. The van der Waals surface area contributed by atoms with Gasteiger partial charge in [0.1, 0.15) is 0 Å². The van der Waals surface area contributed by atoms with E-state index in [1.54, 1.807) is 18.2 Å². The number of carboxylic acids is 1. The summed E-state index contributed by atoms with van der Waals surface area (Å²) in [5, 5.41) is 11.7. The maximum atomic E-state index is 12.1. The van der Waals surface area contributed by atoms with Crippen molar-refractivity contribution < 1.29 is 14.7 Å². The molecule has 2 N–H and O–H groups in total. The molecule has 0 fully saturated rings. The summed E-state index contributed by atoms with van der Waals surface area (Å²) in [6, 6.07) is 12.7. The molecule has 0 atom stereocenters. The average Bonchev–Trinajstić information content (AvgIpc) is 2.49. The highest BCUT2D eigenvalue weighted by Crippen LogP contribution is 2.25. The molecule has 2 aromatic rings. The number of nitrogens with one attached hydrogen (secondary N) is 1. The van der Waals surface area contributed by atoms with Crippen LogP contribution in [-0.2, 0) is 6.42 Å². The second kappa shape index (κ2) is 7.13. The number of carbonyl (C=O) groups is 2. The SMILES string of the molecule is CCc1cccc(NC(=O)Sc2ccc(C)cc2)c1C(=O)O. The maximum absolute atomic E-state index is 12.1. The Morgan fingerprint density at radius 3 is 2.41 bits per heavy atom. The highest BCUT2D eigenvalue weighted by Gasteiger charge is 2.16. The van der Waals surface area contributed by atoms with Gasteiger partial charge in [-0.15, -0.1) is 0 Å². The van der Waals surface area contributed by atoms with Crippen LogP contribution in [0.1, 0.15) is 28.4 Å². The van der Waals surface area contributed by atoms with Gasteiger partial charge in [0.2, 0.25) is 0 Å². The first-order valence-corrected chi connectivity index (χ1v) is 7.73. The first-order valence-electron chi connectivity index (χ1n) is 6.92. The van der Waals surface area contributed by atoms with Gasteiger partial charge in [-0.25, -0.2) is 4.79 Å². The molecule has 0 aliphatic rings. The number of hydrogen-bond donors (Lipinski definition) is 2. The zero-order valence-electron chi connectivity index (χ0n) is 12.4. The van der Waals surface area contributed by atoms with Crippen molar-refractivity contribution >= 4 is 28.7 Å². The first kappa shape index (κ1) is 16.1. The monoisotopic (exact) mass is 315 g/mol. The van der Waals surface area contributed by atoms with Gasteiger partial charge in [-0.3, -0.25) is 4.79 Å². The number of benzene rings is 2. The van der Waals surface area contributed by atoms with Gasteiger partial charge in [0.05, 0.1) is 11.3 Å². The molecule has 2 aromatic carbocycles. The van der Waals surface area contributed by atoms with E-state index in [0.717, 1.165) is 22.2 Å². The van der Waals surface area contributed by atoms with Crippen LogP contribution in [-0.4, -0.2) is 16.3 Å². The summed E-state index contributed by atoms with van der Waals surface area (Å²) in [5.74, 6) is -1.03. The van der Waals surface area contributed by atoms with E-state index in [9.17, 15) is 14.7 Å². The van der Waals surface area contributed by atoms with Gasteiger partial charge in [-0.1, -0.05) is 36.8 Å². The van der Waals surface area contributed by atoms with E-state index in [1.165, 1.54) is 0 Å².